The molecule has 174 valence electrons. The number of aliphatic hydroxyl groups is 1. The average Bonchev–Trinajstić information content (AvgIpc) is 3.30. The van der Waals surface area contributed by atoms with Gasteiger partial charge in [0.15, 0.2) is 14.1 Å². The Balaban J connectivity index is 1.69. The average molecular weight is 470 g/mol. The van der Waals surface area contributed by atoms with Gasteiger partial charge in [0.25, 0.3) is 0 Å². The van der Waals surface area contributed by atoms with E-state index in [9.17, 15) is 13.5 Å². The first-order valence-electron chi connectivity index (χ1n) is 10.9. The highest BCUT2D eigenvalue weighted by molar-refractivity contribution is 7.89. The molecule has 1 saturated carbocycles. The molecule has 0 radical (unpaired) electrons. The Morgan fingerprint density at radius 2 is 1.61 bits per heavy atom. The molecule has 3 fully saturated rings. The van der Waals surface area contributed by atoms with Crippen LogP contribution >= 0.6 is 0 Å². The van der Waals surface area contributed by atoms with E-state index in [1.807, 2.05) is 20.8 Å². The Labute approximate surface area is 186 Å². The van der Waals surface area contributed by atoms with Crippen LogP contribution in [-0.4, -0.2) is 68.4 Å². The van der Waals surface area contributed by atoms with Gasteiger partial charge >= 0.3 is 0 Å². The van der Waals surface area contributed by atoms with Gasteiger partial charge in [-0.05, 0) is 51.0 Å². The molecule has 7 nitrogen and oxygen atoms in total. The first kappa shape index (κ1) is 23.3. The summed E-state index contributed by atoms with van der Waals surface area (Å²) in [6.07, 6.45) is -2.65. The van der Waals surface area contributed by atoms with Crippen molar-refractivity contribution in [2.75, 3.05) is 0 Å². The third-order valence-corrected chi connectivity index (χ3v) is 13.6. The number of ether oxygens (including phenoxy) is 2. The normalized spacial score (nSPS) is 37.3. The number of sulfonamides is 1. The zero-order chi connectivity index (χ0) is 23.1. The van der Waals surface area contributed by atoms with Crippen LogP contribution in [0.3, 0.4) is 0 Å². The Kier molecular flexibility index (Phi) is 5.34. The van der Waals surface area contributed by atoms with Crippen molar-refractivity contribution in [1.29, 1.82) is 0 Å². The maximum Gasteiger partial charge on any atom is 0.243 e. The number of hydrogen-bond acceptors (Lipinski definition) is 6. The highest BCUT2D eigenvalue weighted by Crippen LogP contribution is 2.53. The molecule has 3 aliphatic rings. The summed E-state index contributed by atoms with van der Waals surface area (Å²) in [6, 6.07) is 5.73. The van der Waals surface area contributed by atoms with Crippen LogP contribution < -0.4 is 0 Å². The van der Waals surface area contributed by atoms with E-state index in [2.05, 4.69) is 33.9 Å². The molecular formula is C22H35NO6SSi. The first-order chi connectivity index (χ1) is 14.1. The van der Waals surface area contributed by atoms with Crippen molar-refractivity contribution in [3.8, 4) is 0 Å². The zero-order valence-electron chi connectivity index (χ0n) is 19.6. The fraction of sp³-hybridized carbons (Fsp3) is 0.727. The Morgan fingerprint density at radius 3 is 2.16 bits per heavy atom. The van der Waals surface area contributed by atoms with Crippen LogP contribution in [0.2, 0.25) is 18.1 Å². The molecule has 2 heterocycles. The minimum absolute atomic E-state index is 0.0642. The smallest absolute Gasteiger partial charge is 0.243 e. The van der Waals surface area contributed by atoms with E-state index in [1.165, 1.54) is 4.31 Å². The number of nitrogens with zero attached hydrogens (tertiary/aromatic N) is 1. The lowest BCUT2D eigenvalue weighted by Gasteiger charge is -2.43. The minimum atomic E-state index is -3.78. The molecule has 1 N–H and O–H groups in total. The lowest BCUT2D eigenvalue weighted by molar-refractivity contribution is -0.159. The third-order valence-electron chi connectivity index (χ3n) is 7.19. The van der Waals surface area contributed by atoms with E-state index in [1.54, 1.807) is 24.3 Å². The van der Waals surface area contributed by atoms with Gasteiger partial charge < -0.3 is 19.0 Å². The minimum Gasteiger partial charge on any atom is -0.408 e. The van der Waals surface area contributed by atoms with Crippen LogP contribution in [0.5, 0.6) is 0 Å². The first-order valence-corrected chi connectivity index (χ1v) is 15.2. The molecular weight excluding hydrogens is 434 g/mol. The predicted octanol–water partition coefficient (Wildman–Crippen LogP) is 3.02. The highest BCUT2D eigenvalue weighted by Gasteiger charge is 2.73. The molecule has 0 amide bonds. The van der Waals surface area contributed by atoms with Crippen molar-refractivity contribution in [1.82, 2.24) is 4.31 Å². The molecule has 31 heavy (non-hydrogen) atoms. The summed E-state index contributed by atoms with van der Waals surface area (Å²) in [5.74, 6) is -0.874. The fourth-order valence-electron chi connectivity index (χ4n) is 4.47. The molecule has 2 saturated heterocycles. The summed E-state index contributed by atoms with van der Waals surface area (Å²) < 4.78 is 47.1. The molecule has 1 aromatic carbocycles. The van der Waals surface area contributed by atoms with Crippen molar-refractivity contribution in [3.05, 3.63) is 29.8 Å². The Morgan fingerprint density at radius 1 is 1.06 bits per heavy atom. The lowest BCUT2D eigenvalue weighted by atomic mass is 9.90. The quantitative estimate of drug-likeness (QED) is 0.539. The lowest BCUT2D eigenvalue weighted by Crippen LogP contribution is -2.58. The van der Waals surface area contributed by atoms with Gasteiger partial charge in [0.05, 0.1) is 23.1 Å². The molecule has 0 aromatic heterocycles. The number of aliphatic hydroxyl groups excluding tert-OH is 1. The van der Waals surface area contributed by atoms with Crippen LogP contribution in [0.15, 0.2) is 29.2 Å². The number of hydrogen-bond donors (Lipinski definition) is 1. The standard InChI is InChI=1S/C22H35NO6SSi/c1-13-9-11-14(12-10-13)30(25,26)23-15-16(23)18-20(28-22(5,6)27-18)19(17(15)24)29-31(7,8)21(2,3)4/h9-12,15-20,24H,1-8H3/t15-,16+,17+,18-,19-,20-,23?/m0/s1. The van der Waals surface area contributed by atoms with Crippen molar-refractivity contribution in [2.24, 2.45) is 0 Å². The van der Waals surface area contributed by atoms with Crippen molar-refractivity contribution in [2.45, 2.75) is 107 Å². The highest BCUT2D eigenvalue weighted by atomic mass is 32.2. The number of aryl methyl sites for hydroxylation is 1. The number of benzene rings is 1. The van der Waals surface area contributed by atoms with E-state index in [4.69, 9.17) is 13.9 Å². The maximum atomic E-state index is 13.4. The molecule has 9 heteroatoms. The Hall–Kier alpha value is -0.813. The molecule has 1 aromatic rings. The monoisotopic (exact) mass is 469 g/mol. The third kappa shape index (κ3) is 3.82. The molecule has 1 aliphatic carbocycles. The van der Waals surface area contributed by atoms with Crippen LogP contribution in [0.1, 0.15) is 40.2 Å². The largest absolute Gasteiger partial charge is 0.408 e. The van der Waals surface area contributed by atoms with E-state index < -0.39 is 60.6 Å². The second-order valence-electron chi connectivity index (χ2n) is 11.0. The SMILES string of the molecule is Cc1ccc(S(=O)(=O)N2[C@@H]3[C@@H](O)[C@H](O[Si](C)(C)C(C)(C)C)[C@H]4OC(C)(C)O[C@H]4[C@@H]32)cc1. The molecule has 2 aliphatic heterocycles. The predicted molar refractivity (Wildman–Crippen MR) is 120 cm³/mol. The summed E-state index contributed by atoms with van der Waals surface area (Å²) in [6.45, 7) is 16.2. The summed E-state index contributed by atoms with van der Waals surface area (Å²) in [4.78, 5) is 0.219. The van der Waals surface area contributed by atoms with E-state index in [0.717, 1.165) is 5.56 Å². The zero-order valence-corrected chi connectivity index (χ0v) is 21.4. The maximum absolute atomic E-state index is 13.4. The van der Waals surface area contributed by atoms with Crippen LogP contribution in [0.25, 0.3) is 0 Å². The second-order valence-corrected chi connectivity index (χ2v) is 17.6. The summed E-state index contributed by atoms with van der Waals surface area (Å²) in [5.41, 5.74) is 0.986. The van der Waals surface area contributed by atoms with Gasteiger partial charge in [-0.25, -0.2) is 8.42 Å². The van der Waals surface area contributed by atoms with Crippen molar-refractivity contribution < 1.29 is 27.4 Å². The number of fused-ring (bicyclic) bond motifs is 3. The summed E-state index contributed by atoms with van der Waals surface area (Å²) in [7, 11) is -6.03. The van der Waals surface area contributed by atoms with Crippen molar-refractivity contribution >= 4 is 18.3 Å². The van der Waals surface area contributed by atoms with Gasteiger partial charge in [0.2, 0.25) is 10.0 Å². The van der Waals surface area contributed by atoms with E-state index in [-0.39, 0.29) is 9.93 Å². The van der Waals surface area contributed by atoms with Crippen LogP contribution in [0, 0.1) is 6.92 Å². The van der Waals surface area contributed by atoms with Crippen LogP contribution in [0.4, 0.5) is 0 Å². The summed E-state index contributed by atoms with van der Waals surface area (Å²) >= 11 is 0. The topological polar surface area (TPSA) is 85.1 Å². The van der Waals surface area contributed by atoms with Gasteiger partial charge in [-0.2, -0.15) is 4.31 Å². The van der Waals surface area contributed by atoms with Gasteiger partial charge in [0.1, 0.15) is 18.3 Å². The van der Waals surface area contributed by atoms with Gasteiger partial charge in [-0.1, -0.05) is 38.5 Å². The molecule has 4 rings (SSSR count). The summed E-state index contributed by atoms with van der Waals surface area (Å²) in [5, 5.41) is 11.2. The van der Waals surface area contributed by atoms with Crippen molar-refractivity contribution in [3.63, 3.8) is 0 Å². The molecule has 0 spiro atoms. The number of rotatable bonds is 4. The fourth-order valence-corrected chi connectivity index (χ4v) is 7.58. The van der Waals surface area contributed by atoms with Crippen LogP contribution in [-0.2, 0) is 23.9 Å². The second kappa shape index (κ2) is 7.09. The molecule has 1 unspecified atom stereocenters. The van der Waals surface area contributed by atoms with E-state index >= 15 is 0 Å². The van der Waals surface area contributed by atoms with Gasteiger partial charge in [-0.15, -0.1) is 0 Å². The van der Waals surface area contributed by atoms with E-state index in [0.29, 0.717) is 0 Å². The van der Waals surface area contributed by atoms with Gasteiger partial charge in [0, 0.05) is 0 Å². The Bertz CT molecular complexity index is 955. The molecule has 7 atom stereocenters. The van der Waals surface area contributed by atoms with Gasteiger partial charge in [-0.3, -0.25) is 0 Å². The molecule has 0 bridgehead atoms.